The first-order valence-electron chi connectivity index (χ1n) is 14.7. The van der Waals surface area contributed by atoms with Crippen molar-refractivity contribution >= 4 is 17.6 Å². The topological polar surface area (TPSA) is 73.9 Å². The SMILES string of the molecule is CCC(Oc1ccc(NC(=O)C(C)(C)C)cc1)C(C)(C)C(=O)Oc1ccc(C(C)(C)c2ccc(OC(C)C)cc2)cc1. The highest BCUT2D eigenvalue weighted by Crippen LogP contribution is 2.35. The molecule has 0 aliphatic carbocycles. The maximum Gasteiger partial charge on any atom is 0.320 e. The average molecular weight is 574 g/mol. The number of benzene rings is 3. The second-order valence-electron chi connectivity index (χ2n) is 13.2. The minimum atomic E-state index is -0.911. The van der Waals surface area contributed by atoms with Gasteiger partial charge >= 0.3 is 5.97 Å². The summed E-state index contributed by atoms with van der Waals surface area (Å²) >= 11 is 0. The van der Waals surface area contributed by atoms with Crippen molar-refractivity contribution in [3.63, 3.8) is 0 Å². The molecule has 0 saturated carbocycles. The van der Waals surface area contributed by atoms with E-state index in [1.165, 1.54) is 0 Å². The Bertz CT molecular complexity index is 1330. The zero-order valence-corrected chi connectivity index (χ0v) is 26.8. The van der Waals surface area contributed by atoms with Gasteiger partial charge in [0.1, 0.15) is 23.4 Å². The van der Waals surface area contributed by atoms with Gasteiger partial charge in [0.05, 0.1) is 11.5 Å². The molecule has 1 atom stereocenters. The third-order valence-corrected chi connectivity index (χ3v) is 7.51. The standard InChI is InChI=1S/C36H47NO5/c1-11-31(41-29-22-16-27(17-23-29)37-32(38)34(4,5)6)36(9,10)33(39)42-30-20-14-26(15-21-30)35(7,8)25-12-18-28(19-13-25)40-24(2)3/h12-24,31H,11H2,1-10H3,(H,37,38). The number of carbonyl (C=O) groups excluding carboxylic acids is 2. The Morgan fingerprint density at radius 1 is 0.690 bits per heavy atom. The summed E-state index contributed by atoms with van der Waals surface area (Å²) in [6.45, 7) is 19.6. The molecule has 3 aromatic rings. The van der Waals surface area contributed by atoms with Gasteiger partial charge in [0.25, 0.3) is 0 Å². The van der Waals surface area contributed by atoms with Gasteiger partial charge in [-0.05, 0) is 93.8 Å². The molecule has 42 heavy (non-hydrogen) atoms. The molecule has 0 bridgehead atoms. The van der Waals surface area contributed by atoms with Crippen molar-refractivity contribution in [3.8, 4) is 17.2 Å². The van der Waals surface area contributed by atoms with E-state index < -0.39 is 16.9 Å². The van der Waals surface area contributed by atoms with Crippen molar-refractivity contribution in [2.24, 2.45) is 10.8 Å². The Morgan fingerprint density at radius 3 is 1.60 bits per heavy atom. The minimum absolute atomic E-state index is 0.0612. The summed E-state index contributed by atoms with van der Waals surface area (Å²) in [5, 5.41) is 2.91. The predicted molar refractivity (Wildman–Crippen MR) is 169 cm³/mol. The number of carbonyl (C=O) groups is 2. The molecule has 6 heteroatoms. The molecule has 1 unspecified atom stereocenters. The minimum Gasteiger partial charge on any atom is -0.491 e. The largest absolute Gasteiger partial charge is 0.491 e. The number of hydrogen-bond acceptors (Lipinski definition) is 5. The normalized spacial score (nSPS) is 12.9. The highest BCUT2D eigenvalue weighted by molar-refractivity contribution is 5.94. The molecule has 0 aliphatic heterocycles. The summed E-state index contributed by atoms with van der Waals surface area (Å²) in [7, 11) is 0. The van der Waals surface area contributed by atoms with E-state index in [2.05, 4.69) is 31.3 Å². The average Bonchev–Trinajstić information content (AvgIpc) is 2.92. The van der Waals surface area contributed by atoms with E-state index in [1.807, 2.05) is 91.8 Å². The number of amides is 1. The van der Waals surface area contributed by atoms with Crippen molar-refractivity contribution < 1.29 is 23.8 Å². The Kier molecular flexibility index (Phi) is 10.1. The van der Waals surface area contributed by atoms with Crippen LogP contribution in [0.5, 0.6) is 17.2 Å². The fraction of sp³-hybridized carbons (Fsp3) is 0.444. The molecule has 1 amide bonds. The van der Waals surface area contributed by atoms with Crippen molar-refractivity contribution in [2.75, 3.05) is 5.32 Å². The monoisotopic (exact) mass is 573 g/mol. The summed E-state index contributed by atoms with van der Waals surface area (Å²) in [6, 6.07) is 23.1. The summed E-state index contributed by atoms with van der Waals surface area (Å²) in [6.07, 6.45) is 0.322. The van der Waals surface area contributed by atoms with E-state index in [9.17, 15) is 9.59 Å². The fourth-order valence-corrected chi connectivity index (χ4v) is 4.54. The highest BCUT2D eigenvalue weighted by Gasteiger charge is 2.39. The second-order valence-corrected chi connectivity index (χ2v) is 13.2. The van der Waals surface area contributed by atoms with Gasteiger partial charge in [-0.25, -0.2) is 0 Å². The lowest BCUT2D eigenvalue weighted by molar-refractivity contribution is -0.149. The van der Waals surface area contributed by atoms with Crippen LogP contribution in [0.25, 0.3) is 0 Å². The Morgan fingerprint density at radius 2 is 1.14 bits per heavy atom. The van der Waals surface area contributed by atoms with Gasteiger partial charge in [0, 0.05) is 16.5 Å². The third-order valence-electron chi connectivity index (χ3n) is 7.51. The molecule has 0 saturated heterocycles. The van der Waals surface area contributed by atoms with Crippen LogP contribution >= 0.6 is 0 Å². The van der Waals surface area contributed by atoms with Crippen LogP contribution in [0.15, 0.2) is 72.8 Å². The van der Waals surface area contributed by atoms with Crippen molar-refractivity contribution in [3.05, 3.63) is 83.9 Å². The fourth-order valence-electron chi connectivity index (χ4n) is 4.54. The molecule has 0 aliphatic rings. The molecule has 0 radical (unpaired) electrons. The van der Waals surface area contributed by atoms with Gasteiger partial charge in [-0.1, -0.05) is 65.8 Å². The van der Waals surface area contributed by atoms with E-state index in [0.717, 1.165) is 16.9 Å². The summed E-state index contributed by atoms with van der Waals surface area (Å²) in [5.74, 6) is 1.53. The van der Waals surface area contributed by atoms with Gasteiger partial charge in [-0.3, -0.25) is 9.59 Å². The number of anilines is 1. The molecule has 3 rings (SSSR count). The number of esters is 1. The quantitative estimate of drug-likeness (QED) is 0.184. The predicted octanol–water partition coefficient (Wildman–Crippen LogP) is 8.57. The smallest absolute Gasteiger partial charge is 0.320 e. The van der Waals surface area contributed by atoms with Crippen LogP contribution < -0.4 is 19.5 Å². The lowest BCUT2D eigenvalue weighted by Gasteiger charge is -2.32. The summed E-state index contributed by atoms with van der Waals surface area (Å²) in [4.78, 5) is 25.6. The Labute approximate surface area is 251 Å². The Hall–Kier alpha value is -3.80. The number of hydrogen-bond donors (Lipinski definition) is 1. The van der Waals surface area contributed by atoms with Crippen molar-refractivity contribution in [2.45, 2.75) is 93.3 Å². The van der Waals surface area contributed by atoms with Gasteiger partial charge < -0.3 is 19.5 Å². The van der Waals surface area contributed by atoms with E-state index in [4.69, 9.17) is 14.2 Å². The van der Waals surface area contributed by atoms with E-state index in [-0.39, 0.29) is 23.4 Å². The number of nitrogens with one attached hydrogen (secondary N) is 1. The first-order chi connectivity index (χ1) is 19.5. The van der Waals surface area contributed by atoms with Gasteiger partial charge in [0.2, 0.25) is 5.91 Å². The number of ether oxygens (including phenoxy) is 3. The molecular formula is C36H47NO5. The first kappa shape index (κ1) is 32.7. The molecule has 3 aromatic carbocycles. The zero-order valence-electron chi connectivity index (χ0n) is 26.8. The molecule has 0 spiro atoms. The molecular weight excluding hydrogens is 526 g/mol. The molecule has 6 nitrogen and oxygen atoms in total. The molecule has 0 aromatic heterocycles. The van der Waals surface area contributed by atoms with Gasteiger partial charge in [-0.2, -0.15) is 0 Å². The highest BCUT2D eigenvalue weighted by atomic mass is 16.5. The first-order valence-corrected chi connectivity index (χ1v) is 14.7. The summed E-state index contributed by atoms with van der Waals surface area (Å²) < 4.78 is 17.9. The maximum absolute atomic E-state index is 13.3. The van der Waals surface area contributed by atoms with E-state index in [1.54, 1.807) is 24.3 Å². The Balaban J connectivity index is 1.66. The van der Waals surface area contributed by atoms with Crippen LogP contribution in [0.3, 0.4) is 0 Å². The number of rotatable bonds is 11. The molecule has 226 valence electrons. The van der Waals surface area contributed by atoms with Crippen molar-refractivity contribution in [1.82, 2.24) is 0 Å². The van der Waals surface area contributed by atoms with Crippen LogP contribution in [0.1, 0.15) is 86.8 Å². The maximum atomic E-state index is 13.3. The van der Waals surface area contributed by atoms with Crippen molar-refractivity contribution in [1.29, 1.82) is 0 Å². The second kappa shape index (κ2) is 13.0. The van der Waals surface area contributed by atoms with Crippen LogP contribution in [0.4, 0.5) is 5.69 Å². The van der Waals surface area contributed by atoms with Gasteiger partial charge in [-0.15, -0.1) is 0 Å². The zero-order chi connectivity index (χ0) is 31.3. The van der Waals surface area contributed by atoms with Crippen LogP contribution in [0.2, 0.25) is 0 Å². The molecule has 0 heterocycles. The van der Waals surface area contributed by atoms with Gasteiger partial charge in [0.15, 0.2) is 0 Å². The van der Waals surface area contributed by atoms with E-state index >= 15 is 0 Å². The molecule has 1 N–H and O–H groups in total. The van der Waals surface area contributed by atoms with Crippen LogP contribution in [-0.4, -0.2) is 24.1 Å². The lowest BCUT2D eigenvalue weighted by atomic mass is 9.78. The molecule has 0 fully saturated rings. The van der Waals surface area contributed by atoms with Crippen LogP contribution in [0, 0.1) is 10.8 Å². The van der Waals surface area contributed by atoms with E-state index in [0.29, 0.717) is 23.6 Å². The third kappa shape index (κ3) is 8.15. The lowest BCUT2D eigenvalue weighted by Crippen LogP contribution is -2.43. The van der Waals surface area contributed by atoms with Crippen LogP contribution in [-0.2, 0) is 15.0 Å². The summed E-state index contributed by atoms with van der Waals surface area (Å²) in [5.41, 5.74) is 1.32.